The summed E-state index contributed by atoms with van der Waals surface area (Å²) in [5, 5.41) is 5.94. The number of aromatic nitrogens is 1. The van der Waals surface area contributed by atoms with E-state index in [-0.39, 0.29) is 5.69 Å². The molecule has 6 nitrogen and oxygen atoms in total. The van der Waals surface area contributed by atoms with Crippen LogP contribution in [0.25, 0.3) is 5.69 Å². The third-order valence-corrected chi connectivity index (χ3v) is 4.85. The molecule has 1 heterocycles. The van der Waals surface area contributed by atoms with E-state index in [4.69, 9.17) is 0 Å². The summed E-state index contributed by atoms with van der Waals surface area (Å²) >= 11 is 0. The highest BCUT2D eigenvalue weighted by Crippen LogP contribution is 2.30. The number of benzene rings is 2. The van der Waals surface area contributed by atoms with Gasteiger partial charge < -0.3 is 9.88 Å². The fourth-order valence-corrected chi connectivity index (χ4v) is 3.28. The Morgan fingerprint density at radius 3 is 2.38 bits per heavy atom. The van der Waals surface area contributed by atoms with E-state index < -0.39 is 23.6 Å². The molecule has 0 fully saturated rings. The first-order chi connectivity index (χ1) is 15.1. The number of carbonyl (C=O) groups is 2. The highest BCUT2D eigenvalue weighted by molar-refractivity contribution is 6.39. The summed E-state index contributed by atoms with van der Waals surface area (Å²) in [5.74, 6) is -2.24. The lowest BCUT2D eigenvalue weighted by atomic mass is 10.2. The van der Waals surface area contributed by atoms with Crippen molar-refractivity contribution < 1.29 is 22.8 Å². The molecule has 0 bridgehead atoms. The number of hydrogen-bond donors (Lipinski definition) is 2. The average molecular weight is 442 g/mol. The van der Waals surface area contributed by atoms with Crippen molar-refractivity contribution in [1.82, 2.24) is 9.99 Å². The largest absolute Gasteiger partial charge is 0.416 e. The molecular formula is C23H21F3N4O2. The van der Waals surface area contributed by atoms with Crippen molar-refractivity contribution in [1.29, 1.82) is 0 Å². The van der Waals surface area contributed by atoms with Crippen molar-refractivity contribution in [2.45, 2.75) is 26.9 Å². The van der Waals surface area contributed by atoms with Gasteiger partial charge in [-0.3, -0.25) is 9.59 Å². The molecule has 0 aliphatic heterocycles. The van der Waals surface area contributed by atoms with Crippen LogP contribution in [0.15, 0.2) is 59.7 Å². The number of anilines is 1. The molecule has 0 saturated heterocycles. The number of hydrogen-bond acceptors (Lipinski definition) is 3. The van der Waals surface area contributed by atoms with Gasteiger partial charge in [0.05, 0.1) is 11.8 Å². The van der Waals surface area contributed by atoms with E-state index in [1.54, 1.807) is 0 Å². The molecule has 3 rings (SSSR count). The van der Waals surface area contributed by atoms with Gasteiger partial charge >= 0.3 is 18.0 Å². The Hall–Kier alpha value is -3.88. The maximum absolute atomic E-state index is 12.8. The van der Waals surface area contributed by atoms with Gasteiger partial charge in [0, 0.05) is 28.3 Å². The zero-order valence-electron chi connectivity index (χ0n) is 17.6. The molecule has 9 heteroatoms. The second-order valence-corrected chi connectivity index (χ2v) is 7.18. The van der Waals surface area contributed by atoms with Crippen LogP contribution in [0, 0.1) is 20.8 Å². The van der Waals surface area contributed by atoms with Crippen molar-refractivity contribution in [3.8, 4) is 5.69 Å². The molecule has 32 heavy (non-hydrogen) atoms. The minimum Gasteiger partial charge on any atom is -0.318 e. The van der Waals surface area contributed by atoms with Crippen molar-refractivity contribution >= 4 is 23.7 Å². The lowest BCUT2D eigenvalue weighted by Crippen LogP contribution is -2.32. The predicted molar refractivity (Wildman–Crippen MR) is 116 cm³/mol. The van der Waals surface area contributed by atoms with Gasteiger partial charge in [-0.15, -0.1) is 0 Å². The fraction of sp³-hybridized carbons (Fsp3) is 0.174. The van der Waals surface area contributed by atoms with Gasteiger partial charge in [0.25, 0.3) is 0 Å². The molecular weight excluding hydrogens is 421 g/mol. The van der Waals surface area contributed by atoms with E-state index in [0.29, 0.717) is 0 Å². The van der Waals surface area contributed by atoms with Crippen LogP contribution in [0.2, 0.25) is 0 Å². The lowest BCUT2D eigenvalue weighted by molar-refractivity contribution is -0.137. The third-order valence-electron chi connectivity index (χ3n) is 4.85. The second-order valence-electron chi connectivity index (χ2n) is 7.18. The summed E-state index contributed by atoms with van der Waals surface area (Å²) in [4.78, 5) is 24.0. The molecule has 2 N–H and O–H groups in total. The predicted octanol–water partition coefficient (Wildman–Crippen LogP) is 4.51. The molecule has 0 aliphatic rings. The zero-order valence-corrected chi connectivity index (χ0v) is 17.6. The first-order valence-corrected chi connectivity index (χ1v) is 9.64. The Bertz CT molecular complexity index is 1200. The molecule has 0 atom stereocenters. The van der Waals surface area contributed by atoms with E-state index in [0.717, 1.165) is 46.4 Å². The number of nitrogens with zero attached hydrogens (tertiary/aromatic N) is 2. The Morgan fingerprint density at radius 1 is 0.969 bits per heavy atom. The van der Waals surface area contributed by atoms with Gasteiger partial charge in [-0.1, -0.05) is 24.3 Å². The zero-order chi connectivity index (χ0) is 23.5. The fourth-order valence-electron chi connectivity index (χ4n) is 3.28. The molecule has 0 spiro atoms. The first-order valence-electron chi connectivity index (χ1n) is 9.64. The normalized spacial score (nSPS) is 11.6. The number of amides is 2. The van der Waals surface area contributed by atoms with Crippen LogP contribution in [0.3, 0.4) is 0 Å². The van der Waals surface area contributed by atoms with Gasteiger partial charge in [-0.05, 0) is 56.7 Å². The van der Waals surface area contributed by atoms with Crippen molar-refractivity contribution in [3.05, 3.63) is 82.7 Å². The molecule has 0 unspecified atom stereocenters. The second kappa shape index (κ2) is 9.09. The van der Waals surface area contributed by atoms with Crippen LogP contribution in [-0.4, -0.2) is 22.6 Å². The molecule has 0 saturated carbocycles. The van der Waals surface area contributed by atoms with Crippen LogP contribution in [0.4, 0.5) is 18.9 Å². The van der Waals surface area contributed by atoms with Crippen molar-refractivity contribution in [2.75, 3.05) is 5.32 Å². The van der Waals surface area contributed by atoms with Crippen LogP contribution < -0.4 is 10.7 Å². The highest BCUT2D eigenvalue weighted by atomic mass is 19.4. The van der Waals surface area contributed by atoms with E-state index in [1.807, 2.05) is 51.1 Å². The van der Waals surface area contributed by atoms with Crippen molar-refractivity contribution in [3.63, 3.8) is 0 Å². The molecule has 0 aliphatic carbocycles. The number of hydrazone groups is 1. The summed E-state index contributed by atoms with van der Waals surface area (Å²) in [6.45, 7) is 5.85. The summed E-state index contributed by atoms with van der Waals surface area (Å²) in [7, 11) is 0. The van der Waals surface area contributed by atoms with E-state index in [2.05, 4.69) is 20.4 Å². The maximum atomic E-state index is 12.8. The molecule has 2 aromatic carbocycles. The quantitative estimate of drug-likeness (QED) is 0.354. The SMILES string of the molecule is Cc1ccccc1-n1c(C)cc(/C=N\NC(=O)C(=O)Nc2cccc(C(F)(F)F)c2)c1C. The number of aryl methyl sites for hydroxylation is 2. The van der Waals surface area contributed by atoms with E-state index >= 15 is 0 Å². The van der Waals surface area contributed by atoms with Gasteiger partial charge in [-0.25, -0.2) is 5.43 Å². The monoisotopic (exact) mass is 442 g/mol. The lowest BCUT2D eigenvalue weighted by Gasteiger charge is -2.12. The van der Waals surface area contributed by atoms with Crippen molar-refractivity contribution in [2.24, 2.45) is 5.10 Å². The standard InChI is InChI=1S/C23H21F3N4O2/c1-14-7-4-5-10-20(14)30-15(2)11-17(16(30)3)13-27-29-22(32)21(31)28-19-9-6-8-18(12-19)23(24,25)26/h4-13H,1-3H3,(H,28,31)(H,29,32)/b27-13-. The van der Waals surface area contributed by atoms with Gasteiger partial charge in [0.1, 0.15) is 0 Å². The number of rotatable bonds is 4. The topological polar surface area (TPSA) is 75.5 Å². The Labute approximate surface area is 182 Å². The summed E-state index contributed by atoms with van der Waals surface area (Å²) in [6.07, 6.45) is -3.15. The maximum Gasteiger partial charge on any atom is 0.416 e. The van der Waals surface area contributed by atoms with Gasteiger partial charge in [0.15, 0.2) is 0 Å². The number of nitrogens with one attached hydrogen (secondary N) is 2. The van der Waals surface area contributed by atoms with E-state index in [9.17, 15) is 22.8 Å². The smallest absolute Gasteiger partial charge is 0.318 e. The van der Waals surface area contributed by atoms with Gasteiger partial charge in [-0.2, -0.15) is 18.3 Å². The number of halogens is 3. The van der Waals surface area contributed by atoms with Crippen LogP contribution >= 0.6 is 0 Å². The molecule has 3 aromatic rings. The van der Waals surface area contributed by atoms with Gasteiger partial charge in [0.2, 0.25) is 0 Å². The van der Waals surface area contributed by atoms with Crippen LogP contribution in [-0.2, 0) is 15.8 Å². The van der Waals surface area contributed by atoms with Crippen LogP contribution in [0.1, 0.15) is 28.1 Å². The number of para-hydroxylation sites is 1. The molecule has 0 radical (unpaired) electrons. The Kier molecular flexibility index (Phi) is 6.47. The van der Waals surface area contributed by atoms with E-state index in [1.165, 1.54) is 12.3 Å². The number of carbonyl (C=O) groups excluding carboxylic acids is 2. The number of alkyl halides is 3. The summed E-state index contributed by atoms with van der Waals surface area (Å²) in [5.41, 5.74) is 5.72. The Morgan fingerprint density at radius 2 is 1.69 bits per heavy atom. The molecule has 166 valence electrons. The van der Waals surface area contributed by atoms with Crippen LogP contribution in [0.5, 0.6) is 0 Å². The minimum atomic E-state index is -4.56. The average Bonchev–Trinajstić information content (AvgIpc) is 3.01. The minimum absolute atomic E-state index is 0.147. The molecule has 1 aromatic heterocycles. The third kappa shape index (κ3) is 5.05. The Balaban J connectivity index is 1.68. The summed E-state index contributed by atoms with van der Waals surface area (Å²) < 4.78 is 40.4. The first kappa shape index (κ1) is 22.8. The summed E-state index contributed by atoms with van der Waals surface area (Å²) in [6, 6.07) is 13.8. The molecule has 2 amide bonds. The highest BCUT2D eigenvalue weighted by Gasteiger charge is 2.30.